The van der Waals surface area contributed by atoms with Gasteiger partial charge in [0.05, 0.1) is 5.69 Å². The predicted molar refractivity (Wildman–Crippen MR) is 111 cm³/mol. The summed E-state index contributed by atoms with van der Waals surface area (Å²) in [4.78, 5) is 25.5. The van der Waals surface area contributed by atoms with Crippen LogP contribution in [-0.2, 0) is 4.79 Å². The molecule has 3 aromatic carbocycles. The number of hydrogen-bond acceptors (Lipinski definition) is 3. The third kappa shape index (κ3) is 4.78. The number of benzene rings is 3. The van der Waals surface area contributed by atoms with E-state index in [1.807, 2.05) is 31.2 Å². The molecule has 1 amide bonds. The minimum Gasteiger partial charge on any atom is -0.481 e. The predicted octanol–water partition coefficient (Wildman–Crippen LogP) is 5.29. The number of rotatable bonds is 6. The van der Waals surface area contributed by atoms with Gasteiger partial charge < -0.3 is 10.1 Å². The third-order valence-corrected chi connectivity index (χ3v) is 4.43. The van der Waals surface area contributed by atoms with Crippen LogP contribution in [0.2, 0.25) is 5.02 Å². The smallest absolute Gasteiger partial charge is 0.265 e. The Morgan fingerprint density at radius 2 is 1.71 bits per heavy atom. The third-order valence-electron chi connectivity index (χ3n) is 4.19. The highest BCUT2D eigenvalue weighted by molar-refractivity contribution is 6.31. The second-order valence-corrected chi connectivity index (χ2v) is 6.89. The fraction of sp³-hybridized carbons (Fsp3) is 0.130. The maximum absolute atomic E-state index is 12.9. The Balaban J connectivity index is 1.80. The van der Waals surface area contributed by atoms with E-state index in [0.29, 0.717) is 27.6 Å². The molecule has 0 aliphatic carbocycles. The Morgan fingerprint density at radius 3 is 2.43 bits per heavy atom. The van der Waals surface area contributed by atoms with Gasteiger partial charge in [0.25, 0.3) is 5.91 Å². The first-order valence-corrected chi connectivity index (χ1v) is 9.25. The summed E-state index contributed by atoms with van der Waals surface area (Å²) in [6.07, 6.45) is -0.739. The van der Waals surface area contributed by atoms with Crippen molar-refractivity contribution in [3.05, 3.63) is 94.5 Å². The lowest BCUT2D eigenvalue weighted by Crippen LogP contribution is -2.30. The summed E-state index contributed by atoms with van der Waals surface area (Å²) in [6, 6.07) is 21.1. The van der Waals surface area contributed by atoms with E-state index in [1.54, 1.807) is 55.5 Å². The van der Waals surface area contributed by atoms with Crippen LogP contribution in [0.3, 0.4) is 0 Å². The standard InChI is InChI=1S/C23H20ClNO3/c1-15-7-6-10-19(13-15)28-16(2)23(27)25-21-12-11-18(24)14-20(21)22(26)17-8-4-3-5-9-17/h3-14,16H,1-2H3,(H,25,27). The van der Waals surface area contributed by atoms with Crippen LogP contribution in [-0.4, -0.2) is 17.8 Å². The molecule has 0 aromatic heterocycles. The molecule has 0 saturated heterocycles. The fourth-order valence-electron chi connectivity index (χ4n) is 2.74. The van der Waals surface area contributed by atoms with Gasteiger partial charge >= 0.3 is 0 Å². The van der Waals surface area contributed by atoms with E-state index in [2.05, 4.69) is 5.32 Å². The number of carbonyl (C=O) groups excluding carboxylic acids is 2. The number of aryl methyl sites for hydroxylation is 1. The van der Waals surface area contributed by atoms with Crippen LogP contribution in [0.1, 0.15) is 28.4 Å². The zero-order valence-electron chi connectivity index (χ0n) is 15.6. The highest BCUT2D eigenvalue weighted by atomic mass is 35.5. The van der Waals surface area contributed by atoms with E-state index < -0.39 is 6.10 Å². The average Bonchev–Trinajstić information content (AvgIpc) is 2.69. The molecule has 0 bridgehead atoms. The molecule has 0 radical (unpaired) electrons. The Kier molecular flexibility index (Phi) is 6.12. The van der Waals surface area contributed by atoms with Crippen molar-refractivity contribution in [3.8, 4) is 5.75 Å². The maximum Gasteiger partial charge on any atom is 0.265 e. The SMILES string of the molecule is Cc1cccc(OC(C)C(=O)Nc2ccc(Cl)cc2C(=O)c2ccccc2)c1. The summed E-state index contributed by atoms with van der Waals surface area (Å²) in [5, 5.41) is 3.20. The molecule has 3 rings (SSSR count). The van der Waals surface area contributed by atoms with Gasteiger partial charge in [0.2, 0.25) is 0 Å². The molecule has 0 aliphatic rings. The van der Waals surface area contributed by atoms with Gasteiger partial charge in [-0.25, -0.2) is 0 Å². The van der Waals surface area contributed by atoms with Crippen molar-refractivity contribution in [2.45, 2.75) is 20.0 Å². The van der Waals surface area contributed by atoms with E-state index in [1.165, 1.54) is 0 Å². The zero-order valence-corrected chi connectivity index (χ0v) is 16.4. The molecular weight excluding hydrogens is 374 g/mol. The van der Waals surface area contributed by atoms with Gasteiger partial charge in [-0.15, -0.1) is 0 Å². The number of anilines is 1. The minimum absolute atomic E-state index is 0.217. The molecular formula is C23H20ClNO3. The van der Waals surface area contributed by atoms with Crippen LogP contribution < -0.4 is 10.1 Å². The van der Waals surface area contributed by atoms with Crippen LogP contribution in [0.4, 0.5) is 5.69 Å². The lowest BCUT2D eigenvalue weighted by Gasteiger charge is -2.17. The van der Waals surface area contributed by atoms with Gasteiger partial charge in [0.15, 0.2) is 11.9 Å². The van der Waals surface area contributed by atoms with Crippen LogP contribution in [0.25, 0.3) is 0 Å². The Bertz CT molecular complexity index is 1000. The number of amides is 1. The molecule has 1 N–H and O–H groups in total. The summed E-state index contributed by atoms with van der Waals surface area (Å²) in [5.41, 5.74) is 2.28. The van der Waals surface area contributed by atoms with Gasteiger partial charge in [0.1, 0.15) is 5.75 Å². The highest BCUT2D eigenvalue weighted by Crippen LogP contribution is 2.24. The molecule has 3 aromatic rings. The lowest BCUT2D eigenvalue weighted by molar-refractivity contribution is -0.122. The zero-order chi connectivity index (χ0) is 20.1. The molecule has 0 saturated carbocycles. The quantitative estimate of drug-likeness (QED) is 0.579. The van der Waals surface area contributed by atoms with E-state index in [-0.39, 0.29) is 11.7 Å². The van der Waals surface area contributed by atoms with Crippen LogP contribution >= 0.6 is 11.6 Å². The van der Waals surface area contributed by atoms with Gasteiger partial charge in [-0.2, -0.15) is 0 Å². The Labute approximate surface area is 169 Å². The van der Waals surface area contributed by atoms with Crippen molar-refractivity contribution in [3.63, 3.8) is 0 Å². The first-order chi connectivity index (χ1) is 13.4. The molecule has 0 spiro atoms. The Morgan fingerprint density at radius 1 is 0.964 bits per heavy atom. The van der Waals surface area contributed by atoms with Crippen molar-refractivity contribution < 1.29 is 14.3 Å². The van der Waals surface area contributed by atoms with Gasteiger partial charge in [-0.05, 0) is 49.7 Å². The normalized spacial score (nSPS) is 11.5. The van der Waals surface area contributed by atoms with E-state index in [4.69, 9.17) is 16.3 Å². The number of hydrogen-bond donors (Lipinski definition) is 1. The van der Waals surface area contributed by atoms with Crippen molar-refractivity contribution in [2.75, 3.05) is 5.32 Å². The van der Waals surface area contributed by atoms with Gasteiger partial charge in [0, 0.05) is 16.1 Å². The van der Waals surface area contributed by atoms with Crippen LogP contribution in [0, 0.1) is 6.92 Å². The van der Waals surface area contributed by atoms with Crippen LogP contribution in [0.15, 0.2) is 72.8 Å². The fourth-order valence-corrected chi connectivity index (χ4v) is 2.91. The van der Waals surface area contributed by atoms with Crippen molar-refractivity contribution in [2.24, 2.45) is 0 Å². The summed E-state index contributed by atoms with van der Waals surface area (Å²) < 4.78 is 5.71. The summed E-state index contributed by atoms with van der Waals surface area (Å²) in [7, 11) is 0. The molecule has 28 heavy (non-hydrogen) atoms. The largest absolute Gasteiger partial charge is 0.481 e. The molecule has 0 aliphatic heterocycles. The van der Waals surface area contributed by atoms with Gasteiger partial charge in [-0.3, -0.25) is 9.59 Å². The average molecular weight is 394 g/mol. The van der Waals surface area contributed by atoms with E-state index >= 15 is 0 Å². The molecule has 142 valence electrons. The number of nitrogens with one attached hydrogen (secondary N) is 1. The minimum atomic E-state index is -0.739. The lowest BCUT2D eigenvalue weighted by atomic mass is 10.0. The number of halogens is 1. The highest BCUT2D eigenvalue weighted by Gasteiger charge is 2.20. The van der Waals surface area contributed by atoms with E-state index in [9.17, 15) is 9.59 Å². The van der Waals surface area contributed by atoms with Gasteiger partial charge in [-0.1, -0.05) is 54.1 Å². The topological polar surface area (TPSA) is 55.4 Å². The van der Waals surface area contributed by atoms with Crippen molar-refractivity contribution in [1.82, 2.24) is 0 Å². The first-order valence-electron chi connectivity index (χ1n) is 8.87. The number of carbonyl (C=O) groups is 2. The summed E-state index contributed by atoms with van der Waals surface area (Å²) in [6.45, 7) is 3.61. The molecule has 1 atom stereocenters. The maximum atomic E-state index is 12.9. The second-order valence-electron chi connectivity index (χ2n) is 6.45. The monoisotopic (exact) mass is 393 g/mol. The van der Waals surface area contributed by atoms with Crippen molar-refractivity contribution in [1.29, 1.82) is 0 Å². The number of ether oxygens (including phenoxy) is 1. The molecule has 5 heteroatoms. The van der Waals surface area contributed by atoms with Crippen molar-refractivity contribution >= 4 is 29.0 Å². The number of ketones is 1. The summed E-state index contributed by atoms with van der Waals surface area (Å²) >= 11 is 6.08. The van der Waals surface area contributed by atoms with E-state index in [0.717, 1.165) is 5.56 Å². The first kappa shape index (κ1) is 19.6. The second kappa shape index (κ2) is 8.72. The summed E-state index contributed by atoms with van der Waals surface area (Å²) in [5.74, 6) is 0.0379. The molecule has 4 nitrogen and oxygen atoms in total. The van der Waals surface area contributed by atoms with Crippen LogP contribution in [0.5, 0.6) is 5.75 Å². The Hall–Kier alpha value is -3.11. The molecule has 0 heterocycles. The molecule has 0 fully saturated rings. The molecule has 1 unspecified atom stereocenters.